The van der Waals surface area contributed by atoms with Gasteiger partial charge in [0, 0.05) is 33.4 Å². The van der Waals surface area contributed by atoms with E-state index in [0.29, 0.717) is 6.54 Å². The second-order valence-electron chi connectivity index (χ2n) is 6.15. The molecule has 0 aromatic heterocycles. The molecule has 1 atom stereocenters. The molecule has 1 aromatic rings. The molecule has 2 rings (SSSR count). The molecule has 0 bridgehead atoms. The van der Waals surface area contributed by atoms with Crippen LogP contribution in [0.4, 0.5) is 0 Å². The number of benzene rings is 1. The normalized spacial score (nSPS) is 15.4. The van der Waals surface area contributed by atoms with E-state index in [0.717, 1.165) is 50.2 Å². The first kappa shape index (κ1) is 22.2. The van der Waals surface area contributed by atoms with Gasteiger partial charge in [-0.1, -0.05) is 30.3 Å². The fourth-order valence-electron chi connectivity index (χ4n) is 2.42. The summed E-state index contributed by atoms with van der Waals surface area (Å²) < 4.78 is 11.2. The third-order valence-electron chi connectivity index (χ3n) is 4.02. The number of nitrogens with one attached hydrogen (secondary N) is 2. The summed E-state index contributed by atoms with van der Waals surface area (Å²) in [6, 6.07) is 10.2. The quantitative estimate of drug-likeness (QED) is 0.230. The van der Waals surface area contributed by atoms with E-state index < -0.39 is 0 Å². The molecule has 1 fully saturated rings. The predicted molar refractivity (Wildman–Crippen MR) is 114 cm³/mol. The van der Waals surface area contributed by atoms with E-state index in [-0.39, 0.29) is 30.1 Å². The number of methoxy groups -OCH3 is 1. The molecule has 1 saturated carbocycles. The Morgan fingerprint density at radius 3 is 2.64 bits per heavy atom. The Kier molecular flexibility index (Phi) is 11.9. The van der Waals surface area contributed by atoms with Gasteiger partial charge in [0.2, 0.25) is 0 Å². The maximum Gasteiger partial charge on any atom is 0.191 e. The second kappa shape index (κ2) is 13.4. The summed E-state index contributed by atoms with van der Waals surface area (Å²) in [5, 5.41) is 6.63. The minimum absolute atomic E-state index is 0. The fourth-order valence-corrected chi connectivity index (χ4v) is 2.42. The smallest absolute Gasteiger partial charge is 0.191 e. The van der Waals surface area contributed by atoms with E-state index in [2.05, 4.69) is 34.7 Å². The Labute approximate surface area is 169 Å². The molecule has 25 heavy (non-hydrogen) atoms. The van der Waals surface area contributed by atoms with Crippen LogP contribution in [0.5, 0.6) is 0 Å². The van der Waals surface area contributed by atoms with E-state index >= 15 is 0 Å². The van der Waals surface area contributed by atoms with Gasteiger partial charge in [-0.05, 0) is 37.7 Å². The minimum atomic E-state index is -0.0245. The molecule has 0 radical (unpaired) electrons. The Balaban J connectivity index is 0.00000312. The monoisotopic (exact) mass is 461 g/mol. The SMILES string of the molecule is CCNC(=NCC(OC)c1ccccc1)NCCCOCC1CC1.I. The van der Waals surface area contributed by atoms with Gasteiger partial charge in [-0.3, -0.25) is 4.99 Å². The molecule has 0 saturated heterocycles. The number of rotatable bonds is 11. The fraction of sp³-hybridized carbons (Fsp3) is 0.632. The molecular weight excluding hydrogens is 429 g/mol. The first-order chi connectivity index (χ1) is 11.8. The molecule has 1 aliphatic carbocycles. The third kappa shape index (κ3) is 9.42. The van der Waals surface area contributed by atoms with E-state index in [9.17, 15) is 0 Å². The van der Waals surface area contributed by atoms with Crippen molar-refractivity contribution in [2.45, 2.75) is 32.3 Å². The van der Waals surface area contributed by atoms with Crippen molar-refractivity contribution in [3.05, 3.63) is 35.9 Å². The van der Waals surface area contributed by atoms with Crippen LogP contribution in [0.1, 0.15) is 37.9 Å². The molecular formula is C19H32IN3O2. The maximum atomic E-state index is 5.65. The first-order valence-electron chi connectivity index (χ1n) is 9.01. The van der Waals surface area contributed by atoms with Crippen molar-refractivity contribution < 1.29 is 9.47 Å². The zero-order chi connectivity index (χ0) is 17.0. The van der Waals surface area contributed by atoms with Crippen LogP contribution < -0.4 is 10.6 Å². The lowest BCUT2D eigenvalue weighted by Gasteiger charge is -2.16. The number of hydrogen-bond donors (Lipinski definition) is 2. The molecule has 0 spiro atoms. The molecule has 0 heterocycles. The van der Waals surface area contributed by atoms with Gasteiger partial charge in [0.15, 0.2) is 5.96 Å². The summed E-state index contributed by atoms with van der Waals surface area (Å²) in [6.07, 6.45) is 3.65. The molecule has 2 N–H and O–H groups in total. The van der Waals surface area contributed by atoms with Crippen molar-refractivity contribution >= 4 is 29.9 Å². The number of aliphatic imine (C=N–C) groups is 1. The average Bonchev–Trinajstić information content (AvgIpc) is 3.43. The van der Waals surface area contributed by atoms with Crippen molar-refractivity contribution in [3.8, 4) is 0 Å². The average molecular weight is 461 g/mol. The van der Waals surface area contributed by atoms with Crippen LogP contribution >= 0.6 is 24.0 Å². The minimum Gasteiger partial charge on any atom is -0.381 e. The van der Waals surface area contributed by atoms with Crippen LogP contribution in [0.3, 0.4) is 0 Å². The predicted octanol–water partition coefficient (Wildman–Crippen LogP) is 3.36. The molecule has 1 unspecified atom stereocenters. The van der Waals surface area contributed by atoms with Gasteiger partial charge in [0.1, 0.15) is 6.10 Å². The Hall–Kier alpha value is -0.860. The van der Waals surface area contributed by atoms with Crippen LogP contribution in [-0.4, -0.2) is 45.9 Å². The lowest BCUT2D eigenvalue weighted by molar-refractivity contribution is 0.111. The highest BCUT2D eigenvalue weighted by molar-refractivity contribution is 14.0. The number of ether oxygens (including phenoxy) is 2. The van der Waals surface area contributed by atoms with Crippen molar-refractivity contribution in [2.24, 2.45) is 10.9 Å². The summed E-state index contributed by atoms with van der Waals surface area (Å²) in [6.45, 7) is 6.11. The molecule has 0 aliphatic heterocycles. The van der Waals surface area contributed by atoms with E-state index in [1.807, 2.05) is 18.2 Å². The van der Waals surface area contributed by atoms with E-state index in [1.54, 1.807) is 7.11 Å². The van der Waals surface area contributed by atoms with Gasteiger partial charge in [-0.25, -0.2) is 0 Å². The van der Waals surface area contributed by atoms with Crippen LogP contribution in [0, 0.1) is 5.92 Å². The van der Waals surface area contributed by atoms with Crippen LogP contribution in [0.25, 0.3) is 0 Å². The maximum absolute atomic E-state index is 5.65. The van der Waals surface area contributed by atoms with Crippen molar-refractivity contribution in [3.63, 3.8) is 0 Å². The number of halogens is 1. The van der Waals surface area contributed by atoms with Gasteiger partial charge >= 0.3 is 0 Å². The van der Waals surface area contributed by atoms with Gasteiger partial charge in [-0.15, -0.1) is 24.0 Å². The summed E-state index contributed by atoms with van der Waals surface area (Å²) >= 11 is 0. The molecule has 5 nitrogen and oxygen atoms in total. The first-order valence-corrected chi connectivity index (χ1v) is 9.01. The van der Waals surface area contributed by atoms with E-state index in [1.165, 1.54) is 12.8 Å². The molecule has 1 aliphatic rings. The van der Waals surface area contributed by atoms with Crippen LogP contribution in [0.15, 0.2) is 35.3 Å². The topological polar surface area (TPSA) is 54.9 Å². The third-order valence-corrected chi connectivity index (χ3v) is 4.02. The zero-order valence-corrected chi connectivity index (χ0v) is 17.7. The molecule has 1 aromatic carbocycles. The second-order valence-corrected chi connectivity index (χ2v) is 6.15. The summed E-state index contributed by atoms with van der Waals surface area (Å²) in [7, 11) is 1.73. The van der Waals surface area contributed by atoms with Crippen LogP contribution in [-0.2, 0) is 9.47 Å². The number of guanidine groups is 1. The number of nitrogens with zero attached hydrogens (tertiary/aromatic N) is 1. The summed E-state index contributed by atoms with van der Waals surface area (Å²) in [5.41, 5.74) is 1.15. The Morgan fingerprint density at radius 1 is 1.24 bits per heavy atom. The number of hydrogen-bond acceptors (Lipinski definition) is 3. The van der Waals surface area contributed by atoms with E-state index in [4.69, 9.17) is 9.47 Å². The lowest BCUT2D eigenvalue weighted by Crippen LogP contribution is -2.38. The summed E-state index contributed by atoms with van der Waals surface area (Å²) in [5.74, 6) is 1.67. The Bertz CT molecular complexity index is 481. The zero-order valence-electron chi connectivity index (χ0n) is 15.4. The van der Waals surface area contributed by atoms with Crippen LogP contribution in [0.2, 0.25) is 0 Å². The van der Waals surface area contributed by atoms with Gasteiger partial charge < -0.3 is 20.1 Å². The van der Waals surface area contributed by atoms with Gasteiger partial charge in [0.25, 0.3) is 0 Å². The largest absolute Gasteiger partial charge is 0.381 e. The van der Waals surface area contributed by atoms with Crippen molar-refractivity contribution in [1.82, 2.24) is 10.6 Å². The highest BCUT2D eigenvalue weighted by atomic mass is 127. The molecule has 6 heteroatoms. The highest BCUT2D eigenvalue weighted by Crippen LogP contribution is 2.28. The van der Waals surface area contributed by atoms with Gasteiger partial charge in [0.05, 0.1) is 6.54 Å². The van der Waals surface area contributed by atoms with Crippen molar-refractivity contribution in [1.29, 1.82) is 0 Å². The Morgan fingerprint density at radius 2 is 2.00 bits per heavy atom. The highest BCUT2D eigenvalue weighted by Gasteiger charge is 2.20. The van der Waals surface area contributed by atoms with Gasteiger partial charge in [-0.2, -0.15) is 0 Å². The van der Waals surface area contributed by atoms with Crippen molar-refractivity contribution in [2.75, 3.05) is 40.0 Å². The summed E-state index contributed by atoms with van der Waals surface area (Å²) in [4.78, 5) is 4.65. The lowest BCUT2D eigenvalue weighted by atomic mass is 10.1. The standard InChI is InChI=1S/C19H31N3O2.HI/c1-3-20-19(21-12-7-13-24-15-16-10-11-16)22-14-18(23-2)17-8-5-4-6-9-17;/h4-6,8-9,16,18H,3,7,10-15H2,1-2H3,(H2,20,21,22);1H. The molecule has 0 amide bonds. The molecule has 142 valence electrons.